The van der Waals surface area contributed by atoms with E-state index in [-0.39, 0.29) is 11.8 Å². The number of carbonyl (C=O) groups excluding carboxylic acids is 1. The Morgan fingerprint density at radius 1 is 1.00 bits per heavy atom. The molecule has 0 aromatic heterocycles. The summed E-state index contributed by atoms with van der Waals surface area (Å²) in [5.74, 6) is 0.219. The molecule has 1 aliphatic carbocycles. The van der Waals surface area contributed by atoms with Gasteiger partial charge >= 0.3 is 187 Å². The van der Waals surface area contributed by atoms with E-state index in [9.17, 15) is 4.79 Å². The fourth-order valence-electron chi connectivity index (χ4n) is 4.09. The van der Waals surface area contributed by atoms with Crippen LogP contribution in [0, 0.1) is 0 Å². The SMILES string of the molecule is CCCC(=O)[N](Cc1c(C2C=Cc3ccccc32)ccc2ccccc12)[Ti]([Cl])[Cl]. The predicted octanol–water partition coefficient (Wildman–Crippen LogP) is 6.97. The van der Waals surface area contributed by atoms with E-state index in [4.69, 9.17) is 18.6 Å². The van der Waals surface area contributed by atoms with Crippen LogP contribution < -0.4 is 0 Å². The Bertz CT molecular complexity index is 1080. The molecule has 0 heterocycles. The van der Waals surface area contributed by atoms with Crippen LogP contribution in [0.2, 0.25) is 0 Å². The molecule has 0 bridgehead atoms. The van der Waals surface area contributed by atoms with Crippen molar-refractivity contribution in [2.45, 2.75) is 32.2 Å². The first-order valence-corrected chi connectivity index (χ1v) is 14.9. The number of allylic oxidation sites excluding steroid dienone is 1. The predicted molar refractivity (Wildman–Crippen MR) is 118 cm³/mol. The van der Waals surface area contributed by atoms with E-state index in [0.717, 1.165) is 22.8 Å². The third-order valence-corrected chi connectivity index (χ3v) is 8.45. The van der Waals surface area contributed by atoms with Crippen LogP contribution in [-0.2, 0) is 27.3 Å². The van der Waals surface area contributed by atoms with Gasteiger partial charge in [-0.1, -0.05) is 0 Å². The molecule has 0 N–H and O–H groups in total. The standard InChI is InChI=1S/C24H23NO.2ClH.Ti/c1-2-7-24(26)25-16-23-20-11-6-4-9-18(20)13-15-22(23)21-14-12-17-8-3-5-10-19(17)21;;;/h3-6,8-15,21H,2,7,16H2,1H3,(H,25,26);2*1H;/q;;;+3/p-3. The van der Waals surface area contributed by atoms with Gasteiger partial charge in [0, 0.05) is 0 Å². The zero-order valence-electron chi connectivity index (χ0n) is 16.2. The molecule has 29 heavy (non-hydrogen) atoms. The quantitative estimate of drug-likeness (QED) is 0.365. The third-order valence-electron chi connectivity index (χ3n) is 5.50. The van der Waals surface area contributed by atoms with Crippen molar-refractivity contribution < 1.29 is 20.8 Å². The summed E-state index contributed by atoms with van der Waals surface area (Å²) in [5, 5.41) is 2.32. The Morgan fingerprint density at radius 2 is 1.76 bits per heavy atom. The van der Waals surface area contributed by atoms with Gasteiger partial charge in [-0.3, -0.25) is 0 Å². The molecule has 0 saturated carbocycles. The van der Waals surface area contributed by atoms with Gasteiger partial charge in [-0.2, -0.15) is 0 Å². The number of carbonyl (C=O) groups is 1. The van der Waals surface area contributed by atoms with Gasteiger partial charge in [0.2, 0.25) is 0 Å². The molecule has 0 aliphatic heterocycles. The Labute approximate surface area is 186 Å². The third kappa shape index (κ3) is 4.18. The van der Waals surface area contributed by atoms with Crippen molar-refractivity contribution in [3.05, 3.63) is 89.0 Å². The summed E-state index contributed by atoms with van der Waals surface area (Å²) in [7, 11) is 12.8. The van der Waals surface area contributed by atoms with Crippen LogP contribution in [0.15, 0.2) is 66.7 Å². The van der Waals surface area contributed by atoms with Gasteiger partial charge in [-0.05, 0) is 0 Å². The van der Waals surface area contributed by atoms with E-state index < -0.39 is 16.0 Å². The fourth-order valence-corrected chi connectivity index (χ4v) is 6.26. The fraction of sp³-hybridized carbons (Fsp3) is 0.208. The molecule has 3 aromatic rings. The minimum absolute atomic E-state index is 0.0498. The summed E-state index contributed by atoms with van der Waals surface area (Å²) < 4.78 is 1.74. The monoisotopic (exact) mass is 458 g/mol. The van der Waals surface area contributed by atoms with Crippen molar-refractivity contribution in [1.29, 1.82) is 0 Å². The van der Waals surface area contributed by atoms with Crippen LogP contribution in [0.5, 0.6) is 0 Å². The van der Waals surface area contributed by atoms with Crippen molar-refractivity contribution in [2.75, 3.05) is 0 Å². The number of hydrogen-bond donors (Lipinski definition) is 0. The molecule has 0 fully saturated rings. The van der Waals surface area contributed by atoms with Crippen molar-refractivity contribution >= 4 is 41.4 Å². The average molecular weight is 459 g/mol. The maximum atomic E-state index is 12.7. The number of hydrogen-bond acceptors (Lipinski definition) is 1. The van der Waals surface area contributed by atoms with Crippen molar-refractivity contribution in [3.63, 3.8) is 0 Å². The van der Waals surface area contributed by atoms with Crippen LogP contribution in [0.4, 0.5) is 0 Å². The molecule has 0 spiro atoms. The Balaban J connectivity index is 1.84. The Kier molecular flexibility index (Phi) is 6.46. The first-order chi connectivity index (χ1) is 14.1. The second kappa shape index (κ2) is 9.06. The van der Waals surface area contributed by atoms with E-state index in [0.29, 0.717) is 13.0 Å². The van der Waals surface area contributed by atoms with E-state index in [2.05, 4.69) is 60.7 Å². The Hall–Kier alpha value is -1.58. The van der Waals surface area contributed by atoms with Crippen molar-refractivity contribution in [2.24, 2.45) is 0 Å². The number of fused-ring (bicyclic) bond motifs is 2. The molecule has 3 aromatic carbocycles. The molecule has 5 heteroatoms. The van der Waals surface area contributed by atoms with Crippen LogP contribution in [-0.4, -0.2) is 9.29 Å². The summed E-state index contributed by atoms with van der Waals surface area (Å²) >= 11 is -2.63. The Morgan fingerprint density at radius 3 is 2.55 bits per heavy atom. The average Bonchev–Trinajstić information content (AvgIpc) is 3.15. The molecule has 0 radical (unpaired) electrons. The topological polar surface area (TPSA) is 20.3 Å². The van der Waals surface area contributed by atoms with Crippen molar-refractivity contribution in [1.82, 2.24) is 3.38 Å². The molecule has 1 unspecified atom stereocenters. The second-order valence-electron chi connectivity index (χ2n) is 7.29. The summed E-state index contributed by atoms with van der Waals surface area (Å²) in [6.07, 6.45) is 5.69. The van der Waals surface area contributed by atoms with E-state index in [1.807, 2.05) is 19.1 Å². The molecule has 147 valence electrons. The van der Waals surface area contributed by atoms with E-state index >= 15 is 0 Å². The van der Waals surface area contributed by atoms with Crippen molar-refractivity contribution in [3.8, 4) is 0 Å². The van der Waals surface area contributed by atoms with E-state index in [1.54, 1.807) is 3.38 Å². The zero-order valence-corrected chi connectivity index (χ0v) is 19.3. The van der Waals surface area contributed by atoms with E-state index in [1.165, 1.54) is 16.7 Å². The van der Waals surface area contributed by atoms with Gasteiger partial charge < -0.3 is 0 Å². The van der Waals surface area contributed by atoms with Gasteiger partial charge in [-0.25, -0.2) is 0 Å². The van der Waals surface area contributed by atoms with Gasteiger partial charge in [0.15, 0.2) is 0 Å². The number of nitrogens with zero attached hydrogens (tertiary/aromatic N) is 1. The zero-order chi connectivity index (χ0) is 20.4. The summed E-state index contributed by atoms with van der Waals surface area (Å²) in [4.78, 5) is 12.7. The summed E-state index contributed by atoms with van der Waals surface area (Å²) in [6.45, 7) is 2.46. The molecule has 1 aliphatic rings. The summed E-state index contributed by atoms with van der Waals surface area (Å²) in [6, 6.07) is 21.2. The van der Waals surface area contributed by atoms with Crippen LogP contribution in [0.3, 0.4) is 0 Å². The maximum absolute atomic E-state index is 12.7. The number of rotatable bonds is 6. The first-order valence-electron chi connectivity index (χ1n) is 9.86. The van der Waals surface area contributed by atoms with Gasteiger partial charge in [0.05, 0.1) is 0 Å². The summed E-state index contributed by atoms with van der Waals surface area (Å²) in [5.41, 5.74) is 4.90. The molecule has 1 amide bonds. The molecule has 1 atom stereocenters. The second-order valence-corrected chi connectivity index (χ2v) is 12.6. The molecule has 2 nitrogen and oxygen atoms in total. The number of amides is 1. The number of benzene rings is 3. The van der Waals surface area contributed by atoms with Crippen LogP contribution in [0.25, 0.3) is 16.8 Å². The van der Waals surface area contributed by atoms with Gasteiger partial charge in [0.25, 0.3) is 0 Å². The molecule has 0 saturated heterocycles. The van der Waals surface area contributed by atoms with Crippen LogP contribution in [0.1, 0.15) is 47.9 Å². The first kappa shape index (κ1) is 20.7. The van der Waals surface area contributed by atoms with Gasteiger partial charge in [0.1, 0.15) is 0 Å². The molecular formula is C24H22Cl2NOTi. The number of halogens is 2. The normalized spacial score (nSPS) is 14.8. The molecule has 4 rings (SSSR count). The van der Waals surface area contributed by atoms with Gasteiger partial charge in [-0.15, -0.1) is 0 Å². The molecular weight excluding hydrogens is 437 g/mol. The van der Waals surface area contributed by atoms with Crippen LogP contribution >= 0.6 is 18.6 Å². The minimum atomic E-state index is -2.63.